The summed E-state index contributed by atoms with van der Waals surface area (Å²) in [6.07, 6.45) is -5.53. The van der Waals surface area contributed by atoms with E-state index in [1.807, 2.05) is 0 Å². The third kappa shape index (κ3) is 6.33. The molecule has 0 atom stereocenters. The summed E-state index contributed by atoms with van der Waals surface area (Å²) in [6, 6.07) is 0. The Kier molecular flexibility index (Phi) is 5.94. The highest BCUT2D eigenvalue weighted by Gasteiger charge is 2.38. The number of nitrogens with one attached hydrogen (secondary N) is 1. The molecule has 0 aromatic carbocycles. The van der Waals surface area contributed by atoms with E-state index in [9.17, 15) is 22.0 Å². The molecule has 0 aliphatic carbocycles. The van der Waals surface area contributed by atoms with Crippen molar-refractivity contribution in [1.82, 2.24) is 5.32 Å². The van der Waals surface area contributed by atoms with Gasteiger partial charge in [-0.3, -0.25) is 0 Å². The van der Waals surface area contributed by atoms with Gasteiger partial charge in [0.25, 0.3) is 6.08 Å². The quantitative estimate of drug-likeness (QED) is 0.645. The van der Waals surface area contributed by atoms with Gasteiger partial charge in [0.1, 0.15) is 0 Å². The van der Waals surface area contributed by atoms with E-state index in [0.717, 1.165) is 0 Å². The molecule has 94 valence electrons. The van der Waals surface area contributed by atoms with Gasteiger partial charge in [-0.2, -0.15) is 22.0 Å². The van der Waals surface area contributed by atoms with Gasteiger partial charge in [-0.1, -0.05) is 0 Å². The first-order valence-electron chi connectivity index (χ1n) is 4.29. The second-order valence-electron chi connectivity index (χ2n) is 2.92. The summed E-state index contributed by atoms with van der Waals surface area (Å²) in [6.45, 7) is 1.40. The van der Waals surface area contributed by atoms with E-state index in [1.165, 1.54) is 0 Å². The zero-order chi connectivity index (χ0) is 12.8. The smallest absolute Gasteiger partial charge is 0.475 e. The zero-order valence-corrected chi connectivity index (χ0v) is 8.07. The average Bonchev–Trinajstić information content (AvgIpc) is 2.18. The molecule has 0 aromatic rings. The molecular formula is C8H10F5NO2. The van der Waals surface area contributed by atoms with Crippen LogP contribution in [0.1, 0.15) is 12.8 Å². The fraction of sp³-hybridized carbons (Fsp3) is 0.625. The Morgan fingerprint density at radius 2 is 1.56 bits per heavy atom. The van der Waals surface area contributed by atoms with Gasteiger partial charge < -0.3 is 10.4 Å². The minimum Gasteiger partial charge on any atom is -0.475 e. The van der Waals surface area contributed by atoms with Gasteiger partial charge in [0.15, 0.2) is 0 Å². The second-order valence-corrected chi connectivity index (χ2v) is 2.92. The summed E-state index contributed by atoms with van der Waals surface area (Å²) in [4.78, 5) is 8.90. The normalized spacial score (nSPS) is 16.2. The summed E-state index contributed by atoms with van der Waals surface area (Å²) < 4.78 is 55.3. The third-order valence-electron chi connectivity index (χ3n) is 1.72. The van der Waals surface area contributed by atoms with Crippen LogP contribution in [0.4, 0.5) is 22.0 Å². The van der Waals surface area contributed by atoms with Gasteiger partial charge in [0.05, 0.1) is 0 Å². The number of alkyl halides is 3. The van der Waals surface area contributed by atoms with E-state index < -0.39 is 18.2 Å². The number of rotatable bonds is 0. The Morgan fingerprint density at radius 1 is 1.19 bits per heavy atom. The van der Waals surface area contributed by atoms with Crippen molar-refractivity contribution in [3.63, 3.8) is 0 Å². The molecule has 1 saturated heterocycles. The predicted octanol–water partition coefficient (Wildman–Crippen LogP) is 2.15. The molecule has 16 heavy (non-hydrogen) atoms. The van der Waals surface area contributed by atoms with Crippen LogP contribution in [0.2, 0.25) is 0 Å². The lowest BCUT2D eigenvalue weighted by atomic mass is 10.1. The summed E-state index contributed by atoms with van der Waals surface area (Å²) >= 11 is 0. The number of carboxylic acids is 1. The van der Waals surface area contributed by atoms with Crippen molar-refractivity contribution < 1.29 is 31.9 Å². The first kappa shape index (κ1) is 14.8. The highest BCUT2D eigenvalue weighted by atomic mass is 19.4. The number of aliphatic carboxylic acids is 1. The van der Waals surface area contributed by atoms with E-state index in [0.29, 0.717) is 31.5 Å². The SMILES string of the molecule is FC(F)=C1CCNCC1.O=C(O)C(F)(F)F. The van der Waals surface area contributed by atoms with Crippen LogP contribution in [0.15, 0.2) is 11.7 Å². The maximum atomic E-state index is 11.8. The number of halogens is 5. The summed E-state index contributed by atoms with van der Waals surface area (Å²) in [5.41, 5.74) is 0.328. The zero-order valence-electron chi connectivity index (χ0n) is 8.07. The lowest BCUT2D eigenvalue weighted by molar-refractivity contribution is -0.192. The highest BCUT2D eigenvalue weighted by Crippen LogP contribution is 2.16. The number of hydrogen-bond donors (Lipinski definition) is 2. The van der Waals surface area contributed by atoms with Crippen molar-refractivity contribution in [2.75, 3.05) is 13.1 Å². The van der Waals surface area contributed by atoms with Crippen LogP contribution in [0.5, 0.6) is 0 Å². The van der Waals surface area contributed by atoms with Gasteiger partial charge in [-0.15, -0.1) is 0 Å². The maximum absolute atomic E-state index is 11.8. The van der Waals surface area contributed by atoms with Gasteiger partial charge in [0, 0.05) is 0 Å². The molecule has 0 aromatic heterocycles. The fourth-order valence-corrected chi connectivity index (χ4v) is 0.918. The van der Waals surface area contributed by atoms with Crippen LogP contribution < -0.4 is 5.32 Å². The Balaban J connectivity index is 0.000000293. The van der Waals surface area contributed by atoms with E-state index >= 15 is 0 Å². The first-order chi connectivity index (χ1) is 7.25. The molecule has 2 N–H and O–H groups in total. The van der Waals surface area contributed by atoms with Crippen LogP contribution in [0.25, 0.3) is 0 Å². The summed E-state index contributed by atoms with van der Waals surface area (Å²) in [5, 5.41) is 10.1. The molecule has 0 radical (unpaired) electrons. The molecule has 1 aliphatic heterocycles. The van der Waals surface area contributed by atoms with Gasteiger partial charge in [-0.05, 0) is 31.5 Å². The molecule has 0 spiro atoms. The van der Waals surface area contributed by atoms with Crippen LogP contribution in [0.3, 0.4) is 0 Å². The minimum absolute atomic E-state index is 0.328. The van der Waals surface area contributed by atoms with Gasteiger partial charge in [0.2, 0.25) is 0 Å². The summed E-state index contributed by atoms with van der Waals surface area (Å²) in [7, 11) is 0. The van der Waals surface area contributed by atoms with Crippen molar-refractivity contribution in [3.05, 3.63) is 11.7 Å². The lowest BCUT2D eigenvalue weighted by Gasteiger charge is -2.13. The molecule has 0 unspecified atom stereocenters. The molecule has 1 fully saturated rings. The molecule has 1 heterocycles. The average molecular weight is 247 g/mol. The van der Waals surface area contributed by atoms with Crippen molar-refractivity contribution in [2.45, 2.75) is 19.0 Å². The minimum atomic E-state index is -5.08. The topological polar surface area (TPSA) is 49.3 Å². The van der Waals surface area contributed by atoms with E-state index in [1.54, 1.807) is 0 Å². The van der Waals surface area contributed by atoms with Crippen molar-refractivity contribution in [2.24, 2.45) is 0 Å². The summed E-state index contributed by atoms with van der Waals surface area (Å²) in [5.74, 6) is -2.76. The van der Waals surface area contributed by atoms with Crippen molar-refractivity contribution >= 4 is 5.97 Å². The third-order valence-corrected chi connectivity index (χ3v) is 1.72. The monoisotopic (exact) mass is 247 g/mol. The molecule has 0 bridgehead atoms. The largest absolute Gasteiger partial charge is 0.490 e. The van der Waals surface area contributed by atoms with Crippen LogP contribution in [-0.2, 0) is 4.79 Å². The van der Waals surface area contributed by atoms with Gasteiger partial charge >= 0.3 is 12.1 Å². The van der Waals surface area contributed by atoms with Crippen LogP contribution in [-0.4, -0.2) is 30.3 Å². The van der Waals surface area contributed by atoms with E-state index in [2.05, 4.69) is 5.32 Å². The highest BCUT2D eigenvalue weighted by molar-refractivity contribution is 5.73. The molecule has 1 rings (SSSR count). The van der Waals surface area contributed by atoms with Crippen molar-refractivity contribution in [3.8, 4) is 0 Å². The van der Waals surface area contributed by atoms with Crippen LogP contribution >= 0.6 is 0 Å². The van der Waals surface area contributed by atoms with E-state index in [4.69, 9.17) is 9.90 Å². The molecule has 1 aliphatic rings. The molecule has 3 nitrogen and oxygen atoms in total. The van der Waals surface area contributed by atoms with E-state index in [-0.39, 0.29) is 0 Å². The Labute approximate surface area is 87.9 Å². The number of carboxylic acid groups (broad SMARTS) is 1. The molecule has 8 heteroatoms. The number of piperidine rings is 1. The maximum Gasteiger partial charge on any atom is 0.490 e. The Hall–Kier alpha value is -1.18. The molecule has 0 amide bonds. The number of carbonyl (C=O) groups is 1. The number of hydrogen-bond acceptors (Lipinski definition) is 2. The standard InChI is InChI=1S/C6H9F2N.C2HF3O2/c7-6(8)5-1-3-9-4-2-5;3-2(4,5)1(6)7/h9H,1-4H2;(H,6,7). The van der Waals surface area contributed by atoms with Crippen molar-refractivity contribution in [1.29, 1.82) is 0 Å². The van der Waals surface area contributed by atoms with Crippen LogP contribution in [0, 0.1) is 0 Å². The Bertz CT molecular complexity index is 262. The lowest BCUT2D eigenvalue weighted by Crippen LogP contribution is -2.23. The van der Waals surface area contributed by atoms with Gasteiger partial charge in [-0.25, -0.2) is 4.79 Å². The predicted molar refractivity (Wildman–Crippen MR) is 45.0 cm³/mol. The molecule has 0 saturated carbocycles. The second kappa shape index (κ2) is 6.41. The Morgan fingerprint density at radius 3 is 1.75 bits per heavy atom. The fourth-order valence-electron chi connectivity index (χ4n) is 0.918. The first-order valence-corrected chi connectivity index (χ1v) is 4.29. The molecular weight excluding hydrogens is 237 g/mol.